The maximum Gasteiger partial charge on any atom is 0.0962 e. The number of hydrogen-bond acceptors (Lipinski definition) is 4. The molecule has 0 saturated carbocycles. The van der Waals surface area contributed by atoms with Crippen LogP contribution in [0.15, 0.2) is 17.6 Å². The Hall–Kier alpha value is -1.20. The maximum absolute atomic E-state index is 5.45. The molecule has 0 fully saturated rings. The lowest BCUT2D eigenvalue weighted by Crippen LogP contribution is -1.99. The van der Waals surface area contributed by atoms with Gasteiger partial charge in [-0.1, -0.05) is 5.21 Å². The third-order valence-electron chi connectivity index (χ3n) is 2.07. The number of hydrogen-bond donors (Lipinski definition) is 1. The molecule has 2 rings (SSSR count). The monoisotopic (exact) mass is 208 g/mol. The first-order chi connectivity index (χ1) is 6.79. The average molecular weight is 208 g/mol. The molecule has 0 aliphatic rings. The van der Waals surface area contributed by atoms with E-state index in [0.717, 1.165) is 12.2 Å². The van der Waals surface area contributed by atoms with Gasteiger partial charge in [-0.25, -0.2) is 4.68 Å². The van der Waals surface area contributed by atoms with Crippen molar-refractivity contribution in [3.63, 3.8) is 0 Å². The molecule has 74 valence electrons. The first-order valence-electron chi connectivity index (χ1n) is 4.41. The summed E-state index contributed by atoms with van der Waals surface area (Å²) in [6.07, 6.45) is 1.89. The highest BCUT2D eigenvalue weighted by Crippen LogP contribution is 2.16. The highest BCUT2D eigenvalue weighted by atomic mass is 32.1. The van der Waals surface area contributed by atoms with Gasteiger partial charge in [-0.05, 0) is 23.9 Å². The third kappa shape index (κ3) is 1.83. The fourth-order valence-electron chi connectivity index (χ4n) is 1.22. The van der Waals surface area contributed by atoms with Crippen LogP contribution in [0.1, 0.15) is 16.1 Å². The van der Waals surface area contributed by atoms with Gasteiger partial charge in [-0.15, -0.1) is 16.4 Å². The number of aromatic nitrogens is 3. The van der Waals surface area contributed by atoms with Crippen molar-refractivity contribution < 1.29 is 0 Å². The minimum absolute atomic E-state index is 0.448. The number of thiophene rings is 1. The van der Waals surface area contributed by atoms with Crippen molar-refractivity contribution in [1.82, 2.24) is 15.0 Å². The molecular formula is C9H12N4S. The van der Waals surface area contributed by atoms with Crippen molar-refractivity contribution in [3.05, 3.63) is 33.8 Å². The average Bonchev–Trinajstić information content (AvgIpc) is 2.77. The smallest absolute Gasteiger partial charge is 0.0962 e. The fourth-order valence-corrected chi connectivity index (χ4v) is 2.12. The second-order valence-corrected chi connectivity index (χ2v) is 4.14. The molecule has 5 heteroatoms. The molecular weight excluding hydrogens is 196 g/mol. The summed E-state index contributed by atoms with van der Waals surface area (Å²) < 4.78 is 1.82. The minimum Gasteiger partial charge on any atom is -0.325 e. The highest BCUT2D eigenvalue weighted by Gasteiger charge is 2.03. The molecule has 0 amide bonds. The van der Waals surface area contributed by atoms with E-state index in [4.69, 9.17) is 5.73 Å². The van der Waals surface area contributed by atoms with Crippen LogP contribution < -0.4 is 5.73 Å². The molecule has 0 bridgehead atoms. The number of rotatable bonds is 3. The first-order valence-corrected chi connectivity index (χ1v) is 5.29. The molecule has 0 aromatic carbocycles. The van der Waals surface area contributed by atoms with Crippen LogP contribution in [0.5, 0.6) is 0 Å². The molecule has 0 unspecified atom stereocenters. The van der Waals surface area contributed by atoms with Crippen LogP contribution in [-0.2, 0) is 13.1 Å². The SMILES string of the molecule is Cc1ccsc1Cn1cc(CN)nn1. The summed E-state index contributed by atoms with van der Waals surface area (Å²) in [6, 6.07) is 2.11. The van der Waals surface area contributed by atoms with Gasteiger partial charge in [0.2, 0.25) is 0 Å². The Bertz CT molecular complexity index is 418. The molecule has 0 aliphatic carbocycles. The maximum atomic E-state index is 5.45. The van der Waals surface area contributed by atoms with Gasteiger partial charge in [0.15, 0.2) is 0 Å². The van der Waals surface area contributed by atoms with Crippen LogP contribution in [0, 0.1) is 6.92 Å². The fraction of sp³-hybridized carbons (Fsp3) is 0.333. The van der Waals surface area contributed by atoms with Crippen molar-refractivity contribution in [2.75, 3.05) is 0 Å². The normalized spacial score (nSPS) is 10.7. The van der Waals surface area contributed by atoms with Crippen LogP contribution in [0.4, 0.5) is 0 Å². The summed E-state index contributed by atoms with van der Waals surface area (Å²) in [7, 11) is 0. The summed E-state index contributed by atoms with van der Waals surface area (Å²) in [6.45, 7) is 3.34. The van der Waals surface area contributed by atoms with Crippen LogP contribution in [0.2, 0.25) is 0 Å². The Labute approximate surface area is 86.4 Å². The highest BCUT2D eigenvalue weighted by molar-refractivity contribution is 7.10. The summed E-state index contributed by atoms with van der Waals surface area (Å²) in [5, 5.41) is 10.0. The van der Waals surface area contributed by atoms with E-state index < -0.39 is 0 Å². The zero-order chi connectivity index (χ0) is 9.97. The standard InChI is InChI=1S/C9H12N4S/c1-7-2-3-14-9(7)6-13-5-8(4-10)11-12-13/h2-3,5H,4,6,10H2,1H3. The second kappa shape index (κ2) is 3.89. The van der Waals surface area contributed by atoms with Gasteiger partial charge in [0.25, 0.3) is 0 Å². The predicted molar refractivity (Wildman–Crippen MR) is 56.1 cm³/mol. The second-order valence-electron chi connectivity index (χ2n) is 3.14. The molecule has 0 spiro atoms. The lowest BCUT2D eigenvalue weighted by Gasteiger charge is -1.98. The Morgan fingerprint density at radius 2 is 2.43 bits per heavy atom. The van der Waals surface area contributed by atoms with Gasteiger partial charge in [-0.3, -0.25) is 0 Å². The van der Waals surface area contributed by atoms with Crippen molar-refractivity contribution in [3.8, 4) is 0 Å². The lowest BCUT2D eigenvalue weighted by molar-refractivity contribution is 0.653. The predicted octanol–water partition coefficient (Wildman–Crippen LogP) is 1.16. The molecule has 2 aromatic rings. The van der Waals surface area contributed by atoms with E-state index >= 15 is 0 Å². The van der Waals surface area contributed by atoms with E-state index in [2.05, 4.69) is 28.7 Å². The third-order valence-corrected chi connectivity index (χ3v) is 3.08. The van der Waals surface area contributed by atoms with E-state index in [9.17, 15) is 0 Å². The summed E-state index contributed by atoms with van der Waals surface area (Å²) in [5.74, 6) is 0. The van der Waals surface area contributed by atoms with Crippen LogP contribution in [-0.4, -0.2) is 15.0 Å². The van der Waals surface area contributed by atoms with Crippen LogP contribution >= 0.6 is 11.3 Å². The van der Waals surface area contributed by atoms with Crippen molar-refractivity contribution >= 4 is 11.3 Å². The topological polar surface area (TPSA) is 56.7 Å². The van der Waals surface area contributed by atoms with Crippen LogP contribution in [0.25, 0.3) is 0 Å². The van der Waals surface area contributed by atoms with Crippen molar-refractivity contribution in [1.29, 1.82) is 0 Å². The van der Waals surface area contributed by atoms with Crippen LogP contribution in [0.3, 0.4) is 0 Å². The quantitative estimate of drug-likeness (QED) is 0.823. The number of aryl methyl sites for hydroxylation is 1. The van der Waals surface area contributed by atoms with E-state index in [1.807, 2.05) is 10.9 Å². The van der Waals surface area contributed by atoms with Crippen molar-refractivity contribution in [2.45, 2.75) is 20.0 Å². The Morgan fingerprint density at radius 3 is 3.00 bits per heavy atom. The molecule has 4 nitrogen and oxygen atoms in total. The van der Waals surface area contributed by atoms with Gasteiger partial charge in [0.1, 0.15) is 0 Å². The number of nitrogens with zero attached hydrogens (tertiary/aromatic N) is 3. The van der Waals surface area contributed by atoms with Gasteiger partial charge in [-0.2, -0.15) is 0 Å². The van der Waals surface area contributed by atoms with E-state index in [-0.39, 0.29) is 0 Å². The molecule has 14 heavy (non-hydrogen) atoms. The summed E-state index contributed by atoms with van der Waals surface area (Å²) in [5.41, 5.74) is 7.59. The molecule has 0 aliphatic heterocycles. The Kier molecular flexibility index (Phi) is 2.60. The zero-order valence-corrected chi connectivity index (χ0v) is 8.79. The lowest BCUT2D eigenvalue weighted by atomic mass is 10.3. The molecule has 2 heterocycles. The van der Waals surface area contributed by atoms with Gasteiger partial charge in [0.05, 0.1) is 18.4 Å². The van der Waals surface area contributed by atoms with Gasteiger partial charge in [0, 0.05) is 11.4 Å². The summed E-state index contributed by atoms with van der Waals surface area (Å²) >= 11 is 1.74. The molecule has 0 atom stereocenters. The van der Waals surface area contributed by atoms with Crippen molar-refractivity contribution in [2.24, 2.45) is 5.73 Å². The van der Waals surface area contributed by atoms with Gasteiger partial charge < -0.3 is 5.73 Å². The molecule has 2 aromatic heterocycles. The van der Waals surface area contributed by atoms with E-state index in [1.165, 1.54) is 10.4 Å². The first kappa shape index (κ1) is 9.36. The van der Waals surface area contributed by atoms with E-state index in [1.54, 1.807) is 11.3 Å². The van der Waals surface area contributed by atoms with Gasteiger partial charge >= 0.3 is 0 Å². The zero-order valence-electron chi connectivity index (χ0n) is 7.97. The molecule has 0 saturated heterocycles. The summed E-state index contributed by atoms with van der Waals surface area (Å²) in [4.78, 5) is 1.32. The largest absolute Gasteiger partial charge is 0.325 e. The minimum atomic E-state index is 0.448. The number of nitrogens with two attached hydrogens (primary N) is 1. The Balaban J connectivity index is 2.15. The molecule has 2 N–H and O–H groups in total. The Morgan fingerprint density at radius 1 is 1.57 bits per heavy atom. The van der Waals surface area contributed by atoms with E-state index in [0.29, 0.717) is 6.54 Å². The molecule has 0 radical (unpaired) electrons.